The Labute approximate surface area is 178 Å². The summed E-state index contributed by atoms with van der Waals surface area (Å²) in [6, 6.07) is 10.2. The third-order valence-corrected chi connectivity index (χ3v) is 5.44. The molecule has 2 aromatic carbocycles. The molecule has 0 unspecified atom stereocenters. The van der Waals surface area contributed by atoms with Gasteiger partial charge in [0.05, 0.1) is 24.3 Å². The number of hydrogen-bond acceptors (Lipinski definition) is 5. The number of anilines is 2. The van der Waals surface area contributed by atoms with Crippen molar-refractivity contribution in [1.82, 2.24) is 9.88 Å². The third-order valence-electron chi connectivity index (χ3n) is 5.13. The molecule has 154 valence electrons. The molecule has 3 aromatic rings. The van der Waals surface area contributed by atoms with Gasteiger partial charge < -0.3 is 20.1 Å². The molecule has 7 nitrogen and oxygen atoms in total. The summed E-state index contributed by atoms with van der Waals surface area (Å²) in [5, 5.41) is 14.2. The number of rotatable bonds is 4. The highest BCUT2D eigenvalue weighted by Crippen LogP contribution is 2.33. The maximum Gasteiger partial charge on any atom is 0.335 e. The van der Waals surface area contributed by atoms with Gasteiger partial charge in [0.1, 0.15) is 5.82 Å². The van der Waals surface area contributed by atoms with E-state index in [-0.39, 0.29) is 11.5 Å². The molecule has 2 heterocycles. The van der Waals surface area contributed by atoms with E-state index in [1.807, 2.05) is 13.0 Å². The van der Waals surface area contributed by atoms with Crippen LogP contribution in [0.5, 0.6) is 0 Å². The quantitative estimate of drug-likeness (QED) is 0.653. The molecule has 0 atom stereocenters. The standard InChI is InChI=1S/C22H20ClN3O4/c1-13-5-6-14(22(28)29)11-18(13)25-20-15-3-2-4-17(23)19(15)16(12-24-20)21(27)26-7-9-30-10-8-26/h2-6,11-12H,7-10H2,1H3,(H,24,25)(H,28,29). The van der Waals surface area contributed by atoms with Gasteiger partial charge in [0.15, 0.2) is 0 Å². The van der Waals surface area contributed by atoms with E-state index >= 15 is 0 Å². The smallest absolute Gasteiger partial charge is 0.335 e. The fourth-order valence-corrected chi connectivity index (χ4v) is 3.75. The van der Waals surface area contributed by atoms with Gasteiger partial charge in [-0.15, -0.1) is 0 Å². The average molecular weight is 426 g/mol. The van der Waals surface area contributed by atoms with E-state index in [1.165, 1.54) is 6.20 Å². The van der Waals surface area contributed by atoms with Gasteiger partial charge in [-0.1, -0.05) is 29.8 Å². The van der Waals surface area contributed by atoms with Crippen molar-refractivity contribution in [3.8, 4) is 0 Å². The minimum Gasteiger partial charge on any atom is -0.478 e. The molecule has 0 saturated carbocycles. The van der Waals surface area contributed by atoms with Gasteiger partial charge in [0, 0.05) is 40.8 Å². The van der Waals surface area contributed by atoms with Crippen LogP contribution in [0, 0.1) is 6.92 Å². The molecule has 1 amide bonds. The maximum absolute atomic E-state index is 13.1. The van der Waals surface area contributed by atoms with Crippen molar-refractivity contribution in [3.05, 3.63) is 64.3 Å². The zero-order valence-corrected chi connectivity index (χ0v) is 17.1. The van der Waals surface area contributed by atoms with E-state index in [0.29, 0.717) is 59.2 Å². The van der Waals surface area contributed by atoms with Gasteiger partial charge >= 0.3 is 5.97 Å². The van der Waals surface area contributed by atoms with E-state index in [9.17, 15) is 14.7 Å². The Balaban J connectivity index is 1.78. The molecule has 1 aliphatic heterocycles. The van der Waals surface area contributed by atoms with Crippen molar-refractivity contribution in [1.29, 1.82) is 0 Å². The van der Waals surface area contributed by atoms with Crippen molar-refractivity contribution in [2.45, 2.75) is 6.92 Å². The summed E-state index contributed by atoms with van der Waals surface area (Å²) < 4.78 is 5.33. The molecule has 1 aliphatic rings. The number of aromatic nitrogens is 1. The number of carbonyl (C=O) groups is 2. The summed E-state index contributed by atoms with van der Waals surface area (Å²) in [5.41, 5.74) is 2.09. The van der Waals surface area contributed by atoms with Crippen molar-refractivity contribution < 1.29 is 19.4 Å². The lowest BCUT2D eigenvalue weighted by Gasteiger charge is -2.27. The molecule has 30 heavy (non-hydrogen) atoms. The molecular formula is C22H20ClN3O4. The number of aromatic carboxylic acids is 1. The maximum atomic E-state index is 13.1. The second-order valence-corrected chi connectivity index (χ2v) is 7.45. The van der Waals surface area contributed by atoms with Crippen molar-refractivity contribution in [2.75, 3.05) is 31.6 Å². The average Bonchev–Trinajstić information content (AvgIpc) is 2.75. The number of fused-ring (bicyclic) bond motifs is 1. The molecule has 1 saturated heterocycles. The Morgan fingerprint density at radius 2 is 1.97 bits per heavy atom. The molecular weight excluding hydrogens is 406 g/mol. The van der Waals surface area contributed by atoms with Crippen LogP contribution in [0.25, 0.3) is 10.8 Å². The molecule has 0 bridgehead atoms. The summed E-state index contributed by atoms with van der Waals surface area (Å²) in [5.74, 6) is -0.651. The molecule has 8 heteroatoms. The summed E-state index contributed by atoms with van der Waals surface area (Å²) in [6.07, 6.45) is 1.52. The number of benzene rings is 2. The summed E-state index contributed by atoms with van der Waals surface area (Å²) in [6.45, 7) is 3.92. The zero-order valence-electron chi connectivity index (χ0n) is 16.3. The number of amides is 1. The summed E-state index contributed by atoms with van der Waals surface area (Å²) in [4.78, 5) is 30.6. The van der Waals surface area contributed by atoms with Crippen LogP contribution in [-0.2, 0) is 4.74 Å². The first kappa shape index (κ1) is 20.1. The van der Waals surface area contributed by atoms with E-state index < -0.39 is 5.97 Å². The minimum atomic E-state index is -1.01. The number of carboxylic acids is 1. The first-order valence-corrected chi connectivity index (χ1v) is 9.88. The van der Waals surface area contributed by atoms with Crippen molar-refractivity contribution >= 4 is 45.8 Å². The predicted octanol–water partition coefficient (Wildman–Crippen LogP) is 4.11. The minimum absolute atomic E-state index is 0.139. The molecule has 0 aliphatic carbocycles. The number of morpholine rings is 1. The number of pyridine rings is 1. The van der Waals surface area contributed by atoms with Crippen LogP contribution in [0.4, 0.5) is 11.5 Å². The number of carbonyl (C=O) groups excluding carboxylic acids is 1. The largest absolute Gasteiger partial charge is 0.478 e. The van der Waals surface area contributed by atoms with Crippen molar-refractivity contribution in [2.24, 2.45) is 0 Å². The predicted molar refractivity (Wildman–Crippen MR) is 115 cm³/mol. The first-order chi connectivity index (χ1) is 14.5. The number of aryl methyl sites for hydroxylation is 1. The van der Waals surface area contributed by atoms with E-state index in [2.05, 4.69) is 10.3 Å². The molecule has 1 aromatic heterocycles. The van der Waals surface area contributed by atoms with E-state index in [1.54, 1.807) is 35.2 Å². The lowest BCUT2D eigenvalue weighted by atomic mass is 10.0. The third kappa shape index (κ3) is 3.81. The van der Waals surface area contributed by atoms with Gasteiger partial charge in [-0.3, -0.25) is 4.79 Å². The van der Waals surface area contributed by atoms with Crippen LogP contribution in [-0.4, -0.2) is 53.2 Å². The lowest BCUT2D eigenvalue weighted by molar-refractivity contribution is 0.0304. The highest BCUT2D eigenvalue weighted by atomic mass is 35.5. The highest BCUT2D eigenvalue weighted by Gasteiger charge is 2.23. The summed E-state index contributed by atoms with van der Waals surface area (Å²) >= 11 is 6.49. The number of nitrogens with one attached hydrogen (secondary N) is 1. The lowest BCUT2D eigenvalue weighted by Crippen LogP contribution is -2.40. The molecule has 2 N–H and O–H groups in total. The fourth-order valence-electron chi connectivity index (χ4n) is 3.47. The van der Waals surface area contributed by atoms with Gasteiger partial charge in [0.25, 0.3) is 5.91 Å². The van der Waals surface area contributed by atoms with Crippen molar-refractivity contribution in [3.63, 3.8) is 0 Å². The van der Waals surface area contributed by atoms with Gasteiger partial charge in [-0.05, 0) is 30.7 Å². The topological polar surface area (TPSA) is 91.8 Å². The summed E-state index contributed by atoms with van der Waals surface area (Å²) in [7, 11) is 0. The van der Waals surface area contributed by atoms with E-state index in [0.717, 1.165) is 5.56 Å². The number of ether oxygens (including phenoxy) is 1. The number of halogens is 1. The number of hydrogen-bond donors (Lipinski definition) is 2. The SMILES string of the molecule is Cc1ccc(C(=O)O)cc1Nc1ncc(C(=O)N2CCOCC2)c2c(Cl)cccc12. The Bertz CT molecular complexity index is 1140. The van der Waals surface area contributed by atoms with Gasteiger partial charge in [-0.2, -0.15) is 0 Å². The fraction of sp³-hybridized carbons (Fsp3) is 0.227. The second kappa shape index (κ2) is 8.30. The van der Waals surface area contributed by atoms with Crippen LogP contribution < -0.4 is 5.32 Å². The van der Waals surface area contributed by atoms with Gasteiger partial charge in [0.2, 0.25) is 0 Å². The Morgan fingerprint density at radius 1 is 1.20 bits per heavy atom. The van der Waals surface area contributed by atoms with Crippen LogP contribution >= 0.6 is 11.6 Å². The first-order valence-electron chi connectivity index (χ1n) is 9.51. The molecule has 0 spiro atoms. The monoisotopic (exact) mass is 425 g/mol. The number of carboxylic acid groups (broad SMARTS) is 1. The van der Waals surface area contributed by atoms with Crippen LogP contribution in [0.15, 0.2) is 42.6 Å². The Hall–Kier alpha value is -3.16. The van der Waals surface area contributed by atoms with Crippen LogP contribution in [0.3, 0.4) is 0 Å². The van der Waals surface area contributed by atoms with Crippen LogP contribution in [0.2, 0.25) is 5.02 Å². The highest BCUT2D eigenvalue weighted by molar-refractivity contribution is 6.37. The van der Waals surface area contributed by atoms with E-state index in [4.69, 9.17) is 16.3 Å². The zero-order chi connectivity index (χ0) is 21.3. The molecule has 4 rings (SSSR count). The second-order valence-electron chi connectivity index (χ2n) is 7.05. The Kier molecular flexibility index (Phi) is 5.57. The number of nitrogens with zero attached hydrogens (tertiary/aromatic N) is 2. The normalized spacial score (nSPS) is 14.0. The van der Waals surface area contributed by atoms with Gasteiger partial charge in [-0.25, -0.2) is 9.78 Å². The Morgan fingerprint density at radius 3 is 2.70 bits per heavy atom. The molecule has 0 radical (unpaired) electrons. The molecule has 1 fully saturated rings. The van der Waals surface area contributed by atoms with Crippen LogP contribution in [0.1, 0.15) is 26.3 Å².